The molecule has 3 nitrogen and oxygen atoms in total. The van der Waals surface area contributed by atoms with Crippen molar-refractivity contribution < 1.29 is 14.3 Å². The van der Waals surface area contributed by atoms with Crippen LogP contribution in [0.1, 0.15) is 58.3 Å². The number of ether oxygens (including phenoxy) is 2. The monoisotopic (exact) mass is 228 g/mol. The summed E-state index contributed by atoms with van der Waals surface area (Å²) in [5.41, 5.74) is 0. The van der Waals surface area contributed by atoms with Gasteiger partial charge in [-0.05, 0) is 32.6 Å². The second-order valence-corrected chi connectivity index (χ2v) is 4.39. The van der Waals surface area contributed by atoms with E-state index in [0.717, 1.165) is 25.9 Å². The van der Waals surface area contributed by atoms with E-state index in [0.29, 0.717) is 19.1 Å². The van der Waals surface area contributed by atoms with E-state index in [1.165, 1.54) is 25.7 Å². The van der Waals surface area contributed by atoms with Crippen LogP contribution in [0.15, 0.2) is 0 Å². The third kappa shape index (κ3) is 6.11. The largest absolute Gasteiger partial charge is 0.466 e. The molecule has 3 heteroatoms. The Bertz CT molecular complexity index is 186. The van der Waals surface area contributed by atoms with Gasteiger partial charge in [0.1, 0.15) is 0 Å². The van der Waals surface area contributed by atoms with Crippen molar-refractivity contribution in [2.24, 2.45) is 0 Å². The molecule has 0 amide bonds. The molecule has 0 unspecified atom stereocenters. The average Bonchev–Trinajstić information content (AvgIpc) is 2.76. The van der Waals surface area contributed by atoms with Gasteiger partial charge in [0, 0.05) is 13.0 Å². The summed E-state index contributed by atoms with van der Waals surface area (Å²) in [6.07, 6.45) is 9.25. The highest BCUT2D eigenvalue weighted by molar-refractivity contribution is 5.69. The Kier molecular flexibility index (Phi) is 7.23. The summed E-state index contributed by atoms with van der Waals surface area (Å²) in [6, 6.07) is 0. The summed E-state index contributed by atoms with van der Waals surface area (Å²) in [5.74, 6) is -0.0702. The minimum Gasteiger partial charge on any atom is -0.466 e. The van der Waals surface area contributed by atoms with Crippen molar-refractivity contribution in [1.82, 2.24) is 0 Å². The first kappa shape index (κ1) is 13.5. The number of unbranched alkanes of at least 4 members (excludes halogenated alkanes) is 2. The second-order valence-electron chi connectivity index (χ2n) is 4.39. The van der Waals surface area contributed by atoms with Gasteiger partial charge in [-0.3, -0.25) is 4.79 Å². The summed E-state index contributed by atoms with van der Waals surface area (Å²) in [7, 11) is 0. The zero-order chi connectivity index (χ0) is 11.6. The number of carbonyl (C=O) groups excluding carboxylic acids is 1. The van der Waals surface area contributed by atoms with Crippen LogP contribution in [0.5, 0.6) is 0 Å². The van der Waals surface area contributed by atoms with Gasteiger partial charge in [-0.25, -0.2) is 0 Å². The van der Waals surface area contributed by atoms with Gasteiger partial charge in [0.05, 0.1) is 12.7 Å². The maximum atomic E-state index is 11.0. The third-order valence-corrected chi connectivity index (χ3v) is 2.99. The molecule has 0 atom stereocenters. The van der Waals surface area contributed by atoms with E-state index in [4.69, 9.17) is 9.47 Å². The van der Waals surface area contributed by atoms with E-state index >= 15 is 0 Å². The molecule has 0 heterocycles. The first-order valence-electron chi connectivity index (χ1n) is 6.60. The Balaban J connectivity index is 1.82. The van der Waals surface area contributed by atoms with Crippen molar-refractivity contribution in [2.75, 3.05) is 13.2 Å². The van der Waals surface area contributed by atoms with Crippen LogP contribution in [0.25, 0.3) is 0 Å². The molecule has 0 spiro atoms. The smallest absolute Gasteiger partial charge is 0.305 e. The topological polar surface area (TPSA) is 35.5 Å². The minimum absolute atomic E-state index is 0.0702. The molecule has 1 saturated carbocycles. The molecule has 1 aliphatic rings. The zero-order valence-electron chi connectivity index (χ0n) is 10.4. The molecule has 0 N–H and O–H groups in total. The van der Waals surface area contributed by atoms with E-state index in [9.17, 15) is 4.79 Å². The van der Waals surface area contributed by atoms with Crippen molar-refractivity contribution in [3.05, 3.63) is 0 Å². The average molecular weight is 228 g/mol. The summed E-state index contributed by atoms with van der Waals surface area (Å²) >= 11 is 0. The lowest BCUT2D eigenvalue weighted by molar-refractivity contribution is -0.143. The summed E-state index contributed by atoms with van der Waals surface area (Å²) in [6.45, 7) is 3.18. The molecule has 94 valence electrons. The Morgan fingerprint density at radius 1 is 1.19 bits per heavy atom. The lowest BCUT2D eigenvalue weighted by Gasteiger charge is -2.10. The standard InChI is InChI=1S/C13H24O3/c1-2-15-13(14)10-4-3-7-11-16-12-8-5-6-9-12/h12H,2-11H2,1H3. The van der Waals surface area contributed by atoms with E-state index in [-0.39, 0.29) is 5.97 Å². The van der Waals surface area contributed by atoms with Crippen LogP contribution in [0.3, 0.4) is 0 Å². The maximum Gasteiger partial charge on any atom is 0.305 e. The van der Waals surface area contributed by atoms with Gasteiger partial charge in [-0.2, -0.15) is 0 Å². The molecule has 0 bridgehead atoms. The van der Waals surface area contributed by atoms with Crippen molar-refractivity contribution >= 4 is 5.97 Å². The molecular formula is C13H24O3. The van der Waals surface area contributed by atoms with Crippen molar-refractivity contribution in [1.29, 1.82) is 0 Å². The Morgan fingerprint density at radius 3 is 2.62 bits per heavy atom. The highest BCUT2D eigenvalue weighted by Gasteiger charge is 2.14. The number of hydrogen-bond donors (Lipinski definition) is 0. The van der Waals surface area contributed by atoms with Crippen LogP contribution >= 0.6 is 0 Å². The normalized spacial score (nSPS) is 16.6. The van der Waals surface area contributed by atoms with Gasteiger partial charge in [0.2, 0.25) is 0 Å². The second kappa shape index (κ2) is 8.57. The fraction of sp³-hybridized carbons (Fsp3) is 0.923. The van der Waals surface area contributed by atoms with Gasteiger partial charge in [0.15, 0.2) is 0 Å². The van der Waals surface area contributed by atoms with Crippen LogP contribution in [0.4, 0.5) is 0 Å². The van der Waals surface area contributed by atoms with Gasteiger partial charge in [-0.1, -0.05) is 19.3 Å². The van der Waals surface area contributed by atoms with Crippen molar-refractivity contribution in [3.8, 4) is 0 Å². The third-order valence-electron chi connectivity index (χ3n) is 2.99. The Labute approximate surface area is 98.5 Å². The van der Waals surface area contributed by atoms with Gasteiger partial charge in [-0.15, -0.1) is 0 Å². The number of rotatable bonds is 8. The van der Waals surface area contributed by atoms with Gasteiger partial charge >= 0.3 is 5.97 Å². The van der Waals surface area contributed by atoms with E-state index in [1.807, 2.05) is 6.92 Å². The Morgan fingerprint density at radius 2 is 1.94 bits per heavy atom. The van der Waals surface area contributed by atoms with Gasteiger partial charge < -0.3 is 9.47 Å². The molecule has 16 heavy (non-hydrogen) atoms. The lowest BCUT2D eigenvalue weighted by atomic mass is 10.2. The van der Waals surface area contributed by atoms with Crippen LogP contribution in [0.2, 0.25) is 0 Å². The maximum absolute atomic E-state index is 11.0. The molecular weight excluding hydrogens is 204 g/mol. The van der Waals surface area contributed by atoms with Crippen LogP contribution in [-0.4, -0.2) is 25.3 Å². The number of hydrogen-bond acceptors (Lipinski definition) is 3. The molecule has 0 aromatic heterocycles. The molecule has 1 fully saturated rings. The quantitative estimate of drug-likeness (QED) is 0.473. The lowest BCUT2D eigenvalue weighted by Crippen LogP contribution is -2.08. The molecule has 0 radical (unpaired) electrons. The molecule has 1 rings (SSSR count). The highest BCUT2D eigenvalue weighted by Crippen LogP contribution is 2.21. The number of esters is 1. The van der Waals surface area contributed by atoms with Crippen LogP contribution < -0.4 is 0 Å². The predicted octanol–water partition coefficient (Wildman–Crippen LogP) is 3.07. The van der Waals surface area contributed by atoms with E-state index < -0.39 is 0 Å². The molecule has 0 saturated heterocycles. The van der Waals surface area contributed by atoms with Crippen LogP contribution in [-0.2, 0) is 14.3 Å². The van der Waals surface area contributed by atoms with Gasteiger partial charge in [0.25, 0.3) is 0 Å². The van der Waals surface area contributed by atoms with E-state index in [1.54, 1.807) is 0 Å². The number of carbonyl (C=O) groups is 1. The molecule has 0 aromatic carbocycles. The fourth-order valence-corrected chi connectivity index (χ4v) is 2.09. The van der Waals surface area contributed by atoms with Crippen molar-refractivity contribution in [3.63, 3.8) is 0 Å². The predicted molar refractivity (Wildman–Crippen MR) is 63.3 cm³/mol. The summed E-state index contributed by atoms with van der Waals surface area (Å²) in [5, 5.41) is 0. The summed E-state index contributed by atoms with van der Waals surface area (Å²) in [4.78, 5) is 11.0. The van der Waals surface area contributed by atoms with Crippen LogP contribution in [0, 0.1) is 0 Å². The van der Waals surface area contributed by atoms with Crippen molar-refractivity contribution in [2.45, 2.75) is 64.4 Å². The molecule has 1 aliphatic carbocycles. The summed E-state index contributed by atoms with van der Waals surface area (Å²) < 4.78 is 10.6. The Hall–Kier alpha value is -0.570. The molecule has 0 aromatic rings. The molecule has 0 aliphatic heterocycles. The minimum atomic E-state index is -0.0702. The first-order chi connectivity index (χ1) is 7.83. The zero-order valence-corrected chi connectivity index (χ0v) is 10.4. The SMILES string of the molecule is CCOC(=O)CCCCCOC1CCCC1. The highest BCUT2D eigenvalue weighted by atomic mass is 16.5. The van der Waals surface area contributed by atoms with E-state index in [2.05, 4.69) is 0 Å². The fourth-order valence-electron chi connectivity index (χ4n) is 2.09. The first-order valence-corrected chi connectivity index (χ1v) is 6.60.